The summed E-state index contributed by atoms with van der Waals surface area (Å²) >= 11 is 0. The lowest BCUT2D eigenvalue weighted by Gasteiger charge is -2.07. The molecule has 0 radical (unpaired) electrons. The SMILES string of the molecule is COc1ccc(-c2ccc(N)cc2)cc1C. The van der Waals surface area contributed by atoms with Gasteiger partial charge in [0.15, 0.2) is 0 Å². The van der Waals surface area contributed by atoms with E-state index in [0.717, 1.165) is 17.0 Å². The predicted molar refractivity (Wildman–Crippen MR) is 67.6 cm³/mol. The van der Waals surface area contributed by atoms with Crippen molar-refractivity contribution in [2.24, 2.45) is 0 Å². The van der Waals surface area contributed by atoms with E-state index in [2.05, 4.69) is 12.1 Å². The molecule has 2 N–H and O–H groups in total. The summed E-state index contributed by atoms with van der Waals surface area (Å²) in [4.78, 5) is 0. The molecule has 0 amide bonds. The minimum atomic E-state index is 0.786. The van der Waals surface area contributed by atoms with Crippen molar-refractivity contribution >= 4 is 5.69 Å². The Labute approximate surface area is 95.7 Å². The van der Waals surface area contributed by atoms with E-state index in [9.17, 15) is 0 Å². The summed E-state index contributed by atoms with van der Waals surface area (Å²) in [6, 6.07) is 14.0. The van der Waals surface area contributed by atoms with Crippen LogP contribution in [0.15, 0.2) is 42.5 Å². The van der Waals surface area contributed by atoms with Crippen LogP contribution >= 0.6 is 0 Å². The molecule has 0 saturated carbocycles. The van der Waals surface area contributed by atoms with Crippen molar-refractivity contribution in [1.29, 1.82) is 0 Å². The van der Waals surface area contributed by atoms with Crippen LogP contribution < -0.4 is 10.5 Å². The van der Waals surface area contributed by atoms with Gasteiger partial charge in [0, 0.05) is 5.69 Å². The second kappa shape index (κ2) is 4.27. The number of hydrogen-bond acceptors (Lipinski definition) is 2. The molecule has 0 fully saturated rings. The van der Waals surface area contributed by atoms with Crippen LogP contribution in [0.25, 0.3) is 11.1 Å². The average Bonchev–Trinajstić information content (AvgIpc) is 2.30. The van der Waals surface area contributed by atoms with Crippen molar-refractivity contribution < 1.29 is 4.74 Å². The van der Waals surface area contributed by atoms with Gasteiger partial charge in [0.2, 0.25) is 0 Å². The monoisotopic (exact) mass is 213 g/mol. The highest BCUT2D eigenvalue weighted by atomic mass is 16.5. The summed E-state index contributed by atoms with van der Waals surface area (Å²) in [6.07, 6.45) is 0. The number of benzene rings is 2. The molecule has 2 aromatic carbocycles. The van der Waals surface area contributed by atoms with Gasteiger partial charge in [-0.05, 0) is 47.9 Å². The summed E-state index contributed by atoms with van der Waals surface area (Å²) in [6.45, 7) is 2.04. The molecular formula is C14H15NO. The fourth-order valence-electron chi connectivity index (χ4n) is 1.73. The highest BCUT2D eigenvalue weighted by Crippen LogP contribution is 2.26. The van der Waals surface area contributed by atoms with Gasteiger partial charge in [-0.25, -0.2) is 0 Å². The molecule has 0 aromatic heterocycles. The molecule has 2 rings (SSSR count). The summed E-state index contributed by atoms with van der Waals surface area (Å²) in [5.41, 5.74) is 9.93. The maximum atomic E-state index is 5.66. The molecule has 0 atom stereocenters. The van der Waals surface area contributed by atoms with E-state index in [-0.39, 0.29) is 0 Å². The third kappa shape index (κ3) is 2.01. The number of anilines is 1. The van der Waals surface area contributed by atoms with Crippen LogP contribution in [0, 0.1) is 6.92 Å². The van der Waals surface area contributed by atoms with Gasteiger partial charge in [-0.1, -0.05) is 18.2 Å². The van der Waals surface area contributed by atoms with Gasteiger partial charge in [0.1, 0.15) is 5.75 Å². The lowest BCUT2D eigenvalue weighted by molar-refractivity contribution is 0.412. The van der Waals surface area contributed by atoms with Crippen LogP contribution in [0.3, 0.4) is 0 Å². The second-order valence-corrected chi connectivity index (χ2v) is 3.81. The summed E-state index contributed by atoms with van der Waals surface area (Å²) in [5.74, 6) is 0.916. The van der Waals surface area contributed by atoms with Crippen molar-refractivity contribution in [2.45, 2.75) is 6.92 Å². The van der Waals surface area contributed by atoms with Crippen LogP contribution in [-0.2, 0) is 0 Å². The first-order chi connectivity index (χ1) is 7.70. The van der Waals surface area contributed by atoms with Crippen LogP contribution in [0.1, 0.15) is 5.56 Å². The maximum Gasteiger partial charge on any atom is 0.121 e. The highest BCUT2D eigenvalue weighted by Gasteiger charge is 2.01. The number of rotatable bonds is 2. The number of hydrogen-bond donors (Lipinski definition) is 1. The average molecular weight is 213 g/mol. The molecule has 0 bridgehead atoms. The Morgan fingerprint density at radius 3 is 2.12 bits per heavy atom. The molecule has 0 heterocycles. The predicted octanol–water partition coefficient (Wildman–Crippen LogP) is 3.25. The van der Waals surface area contributed by atoms with Crippen LogP contribution in [0.4, 0.5) is 5.69 Å². The maximum absolute atomic E-state index is 5.66. The highest BCUT2D eigenvalue weighted by molar-refractivity contribution is 5.67. The Bertz CT molecular complexity index is 489. The lowest BCUT2D eigenvalue weighted by Crippen LogP contribution is -1.88. The van der Waals surface area contributed by atoms with Gasteiger partial charge < -0.3 is 10.5 Å². The first kappa shape index (κ1) is 10.6. The lowest BCUT2D eigenvalue weighted by atomic mass is 10.0. The van der Waals surface area contributed by atoms with Crippen molar-refractivity contribution in [3.63, 3.8) is 0 Å². The molecule has 16 heavy (non-hydrogen) atoms. The van der Waals surface area contributed by atoms with E-state index in [1.807, 2.05) is 37.3 Å². The summed E-state index contributed by atoms with van der Waals surface area (Å²) in [7, 11) is 1.69. The van der Waals surface area contributed by atoms with Crippen molar-refractivity contribution in [3.05, 3.63) is 48.0 Å². The molecule has 0 saturated heterocycles. The van der Waals surface area contributed by atoms with Crippen LogP contribution in [0.5, 0.6) is 5.75 Å². The quantitative estimate of drug-likeness (QED) is 0.777. The molecule has 0 aliphatic carbocycles. The largest absolute Gasteiger partial charge is 0.496 e. The van der Waals surface area contributed by atoms with Gasteiger partial charge in [-0.15, -0.1) is 0 Å². The molecular weight excluding hydrogens is 198 g/mol. The topological polar surface area (TPSA) is 35.2 Å². The van der Waals surface area contributed by atoms with Crippen molar-refractivity contribution in [3.8, 4) is 16.9 Å². The fourth-order valence-corrected chi connectivity index (χ4v) is 1.73. The first-order valence-corrected chi connectivity index (χ1v) is 5.21. The van der Waals surface area contributed by atoms with Gasteiger partial charge in [0.25, 0.3) is 0 Å². The Morgan fingerprint density at radius 2 is 1.56 bits per heavy atom. The molecule has 0 aliphatic rings. The molecule has 0 spiro atoms. The van der Waals surface area contributed by atoms with Crippen LogP contribution in [-0.4, -0.2) is 7.11 Å². The van der Waals surface area contributed by atoms with E-state index >= 15 is 0 Å². The molecule has 2 heteroatoms. The standard InChI is InChI=1S/C14H15NO/c1-10-9-12(5-8-14(10)16-2)11-3-6-13(15)7-4-11/h3-9H,15H2,1-2H3. The van der Waals surface area contributed by atoms with E-state index in [1.165, 1.54) is 11.1 Å². The molecule has 2 aromatic rings. The Kier molecular flexibility index (Phi) is 2.82. The van der Waals surface area contributed by atoms with Gasteiger partial charge in [-0.2, -0.15) is 0 Å². The third-order valence-corrected chi connectivity index (χ3v) is 2.64. The molecule has 82 valence electrons. The third-order valence-electron chi connectivity index (χ3n) is 2.64. The first-order valence-electron chi connectivity index (χ1n) is 5.21. The smallest absolute Gasteiger partial charge is 0.121 e. The number of methoxy groups -OCH3 is 1. The van der Waals surface area contributed by atoms with Crippen LogP contribution in [0.2, 0.25) is 0 Å². The summed E-state index contributed by atoms with van der Waals surface area (Å²) < 4.78 is 5.23. The zero-order valence-corrected chi connectivity index (χ0v) is 9.53. The Morgan fingerprint density at radius 1 is 0.938 bits per heavy atom. The number of nitrogens with two attached hydrogens (primary N) is 1. The molecule has 0 aliphatic heterocycles. The number of nitrogen functional groups attached to an aromatic ring is 1. The molecule has 0 unspecified atom stereocenters. The number of ether oxygens (including phenoxy) is 1. The van der Waals surface area contributed by atoms with E-state index in [4.69, 9.17) is 10.5 Å². The minimum Gasteiger partial charge on any atom is -0.496 e. The van der Waals surface area contributed by atoms with Gasteiger partial charge in [0.05, 0.1) is 7.11 Å². The van der Waals surface area contributed by atoms with Crippen molar-refractivity contribution in [1.82, 2.24) is 0 Å². The minimum absolute atomic E-state index is 0.786. The van der Waals surface area contributed by atoms with E-state index < -0.39 is 0 Å². The van der Waals surface area contributed by atoms with Gasteiger partial charge in [-0.3, -0.25) is 0 Å². The van der Waals surface area contributed by atoms with E-state index in [1.54, 1.807) is 7.11 Å². The number of aryl methyl sites for hydroxylation is 1. The van der Waals surface area contributed by atoms with Crippen molar-refractivity contribution in [2.75, 3.05) is 12.8 Å². The van der Waals surface area contributed by atoms with Gasteiger partial charge >= 0.3 is 0 Å². The Hall–Kier alpha value is -1.96. The normalized spacial score (nSPS) is 10.1. The fraction of sp³-hybridized carbons (Fsp3) is 0.143. The zero-order valence-electron chi connectivity index (χ0n) is 9.53. The zero-order chi connectivity index (χ0) is 11.5. The van der Waals surface area contributed by atoms with E-state index in [0.29, 0.717) is 0 Å². The molecule has 2 nitrogen and oxygen atoms in total. The second-order valence-electron chi connectivity index (χ2n) is 3.81. The summed E-state index contributed by atoms with van der Waals surface area (Å²) in [5, 5.41) is 0. The Balaban J connectivity index is 2.41.